The molecular weight excluding hydrogens is 216 g/mol. The van der Waals surface area contributed by atoms with Crippen molar-refractivity contribution in [3.63, 3.8) is 0 Å². The van der Waals surface area contributed by atoms with Gasteiger partial charge in [-0.15, -0.1) is 12.4 Å². The lowest BCUT2D eigenvalue weighted by Gasteiger charge is -2.22. The van der Waals surface area contributed by atoms with E-state index in [0.717, 1.165) is 12.8 Å². The third kappa shape index (κ3) is 6.33. The molecule has 0 bridgehead atoms. The molecule has 0 aromatic rings. The second-order valence-electron chi connectivity index (χ2n) is 3.81. The van der Waals surface area contributed by atoms with Crippen LogP contribution >= 0.6 is 12.4 Å². The topological polar surface area (TPSA) is 58.2 Å². The summed E-state index contributed by atoms with van der Waals surface area (Å²) >= 11 is 0. The molecule has 0 aliphatic heterocycles. The first-order valence-corrected chi connectivity index (χ1v) is 5.22. The first-order valence-electron chi connectivity index (χ1n) is 5.22. The molecule has 5 heteroatoms. The average Bonchev–Trinajstić information content (AvgIpc) is 2.16. The molecule has 1 saturated carbocycles. The fourth-order valence-corrected chi connectivity index (χ4v) is 1.73. The molecule has 0 aromatic carbocycles. The van der Waals surface area contributed by atoms with Crippen molar-refractivity contribution in [2.45, 2.75) is 45.1 Å². The number of carbonyl (C=O) groups excluding carboxylic acids is 2. The summed E-state index contributed by atoms with van der Waals surface area (Å²) in [5.41, 5.74) is 0. The molecule has 0 saturated heterocycles. The largest absolute Gasteiger partial charge is 0.352 e. The van der Waals surface area contributed by atoms with Crippen LogP contribution in [0.25, 0.3) is 0 Å². The number of nitrogens with one attached hydrogen (secondary N) is 2. The van der Waals surface area contributed by atoms with E-state index in [4.69, 9.17) is 0 Å². The predicted octanol–water partition coefficient (Wildman–Crippen LogP) is 0.993. The van der Waals surface area contributed by atoms with Gasteiger partial charge in [-0.3, -0.25) is 9.59 Å². The maximum absolute atomic E-state index is 11.3. The Kier molecular flexibility index (Phi) is 7.13. The normalized spacial score (nSPS) is 16.3. The Morgan fingerprint density at radius 2 is 1.80 bits per heavy atom. The van der Waals surface area contributed by atoms with E-state index in [1.807, 2.05) is 0 Å². The molecule has 1 fully saturated rings. The zero-order valence-electron chi connectivity index (χ0n) is 9.04. The molecule has 1 aliphatic carbocycles. The van der Waals surface area contributed by atoms with E-state index in [1.165, 1.54) is 26.2 Å². The number of hydrogen-bond acceptors (Lipinski definition) is 2. The van der Waals surface area contributed by atoms with Crippen molar-refractivity contribution in [1.29, 1.82) is 0 Å². The first kappa shape index (κ1) is 14.2. The minimum absolute atomic E-state index is 0. The van der Waals surface area contributed by atoms with Crippen LogP contribution in [-0.4, -0.2) is 24.4 Å². The summed E-state index contributed by atoms with van der Waals surface area (Å²) in [4.78, 5) is 21.8. The van der Waals surface area contributed by atoms with Gasteiger partial charge in [0.25, 0.3) is 0 Å². The zero-order valence-corrected chi connectivity index (χ0v) is 9.86. The number of halogens is 1. The van der Waals surface area contributed by atoms with Gasteiger partial charge in [-0.2, -0.15) is 0 Å². The molecule has 0 unspecified atom stereocenters. The van der Waals surface area contributed by atoms with Crippen molar-refractivity contribution in [2.75, 3.05) is 6.54 Å². The lowest BCUT2D eigenvalue weighted by Crippen LogP contribution is -2.42. The molecule has 2 amide bonds. The zero-order chi connectivity index (χ0) is 10.4. The van der Waals surface area contributed by atoms with E-state index in [1.54, 1.807) is 0 Å². The third-order valence-electron chi connectivity index (χ3n) is 2.47. The predicted molar refractivity (Wildman–Crippen MR) is 60.9 cm³/mol. The molecule has 0 radical (unpaired) electrons. The quantitative estimate of drug-likeness (QED) is 0.765. The van der Waals surface area contributed by atoms with Gasteiger partial charge in [-0.25, -0.2) is 0 Å². The highest BCUT2D eigenvalue weighted by molar-refractivity contribution is 5.85. The summed E-state index contributed by atoms with van der Waals surface area (Å²) in [6.45, 7) is 1.51. The standard InChI is InChI=1S/C10H18N2O2.ClH/c1-8(13)11-7-10(14)12-9-5-3-2-4-6-9;/h9H,2-7H2,1H3,(H,11,13)(H,12,14);1H. The molecule has 88 valence electrons. The minimum Gasteiger partial charge on any atom is -0.352 e. The Hall–Kier alpha value is -0.770. The summed E-state index contributed by atoms with van der Waals surface area (Å²) in [5.74, 6) is -0.240. The first-order chi connectivity index (χ1) is 6.68. The summed E-state index contributed by atoms with van der Waals surface area (Å²) in [5, 5.41) is 5.40. The average molecular weight is 235 g/mol. The van der Waals surface area contributed by atoms with E-state index in [0.29, 0.717) is 6.04 Å². The molecule has 4 nitrogen and oxygen atoms in total. The van der Waals surface area contributed by atoms with Crippen LogP contribution in [0, 0.1) is 0 Å². The van der Waals surface area contributed by atoms with Crippen LogP contribution in [0.3, 0.4) is 0 Å². The molecule has 0 spiro atoms. The van der Waals surface area contributed by atoms with E-state index in [2.05, 4.69) is 10.6 Å². The van der Waals surface area contributed by atoms with E-state index < -0.39 is 0 Å². The number of amides is 2. The summed E-state index contributed by atoms with van der Waals surface area (Å²) in [6.07, 6.45) is 5.83. The Balaban J connectivity index is 0.00000196. The lowest BCUT2D eigenvalue weighted by atomic mass is 9.95. The van der Waals surface area contributed by atoms with Crippen LogP contribution in [0.2, 0.25) is 0 Å². The molecule has 1 aliphatic rings. The van der Waals surface area contributed by atoms with Crippen molar-refractivity contribution < 1.29 is 9.59 Å². The molecule has 1 rings (SSSR count). The smallest absolute Gasteiger partial charge is 0.239 e. The van der Waals surface area contributed by atoms with Crippen LogP contribution in [0.1, 0.15) is 39.0 Å². The van der Waals surface area contributed by atoms with Crippen LogP contribution in [0.5, 0.6) is 0 Å². The highest BCUT2D eigenvalue weighted by atomic mass is 35.5. The van der Waals surface area contributed by atoms with Gasteiger partial charge in [-0.05, 0) is 12.8 Å². The van der Waals surface area contributed by atoms with Gasteiger partial charge in [0.05, 0.1) is 6.54 Å². The molecule has 0 heterocycles. The fourth-order valence-electron chi connectivity index (χ4n) is 1.73. The number of carbonyl (C=O) groups is 2. The van der Waals surface area contributed by atoms with Gasteiger partial charge in [-0.1, -0.05) is 19.3 Å². The van der Waals surface area contributed by atoms with E-state index >= 15 is 0 Å². The van der Waals surface area contributed by atoms with Gasteiger partial charge in [0, 0.05) is 13.0 Å². The molecule has 0 aromatic heterocycles. The van der Waals surface area contributed by atoms with Crippen LogP contribution < -0.4 is 10.6 Å². The van der Waals surface area contributed by atoms with Crippen LogP contribution in [0.15, 0.2) is 0 Å². The summed E-state index contributed by atoms with van der Waals surface area (Å²) in [6, 6.07) is 0.324. The van der Waals surface area contributed by atoms with Gasteiger partial charge < -0.3 is 10.6 Å². The van der Waals surface area contributed by atoms with Gasteiger partial charge in [0.2, 0.25) is 11.8 Å². The molecular formula is C10H19ClN2O2. The Morgan fingerprint density at radius 1 is 1.20 bits per heavy atom. The van der Waals surface area contributed by atoms with Crippen molar-refractivity contribution in [3.8, 4) is 0 Å². The van der Waals surface area contributed by atoms with Gasteiger partial charge >= 0.3 is 0 Å². The third-order valence-corrected chi connectivity index (χ3v) is 2.47. The van der Waals surface area contributed by atoms with Gasteiger partial charge in [0.1, 0.15) is 0 Å². The highest BCUT2D eigenvalue weighted by Crippen LogP contribution is 2.16. The summed E-state index contributed by atoms with van der Waals surface area (Å²) < 4.78 is 0. The van der Waals surface area contributed by atoms with E-state index in [-0.39, 0.29) is 30.8 Å². The van der Waals surface area contributed by atoms with Gasteiger partial charge in [0.15, 0.2) is 0 Å². The van der Waals surface area contributed by atoms with E-state index in [9.17, 15) is 9.59 Å². The van der Waals surface area contributed by atoms with Crippen molar-refractivity contribution in [3.05, 3.63) is 0 Å². The van der Waals surface area contributed by atoms with Crippen molar-refractivity contribution in [2.24, 2.45) is 0 Å². The van der Waals surface area contributed by atoms with Crippen LogP contribution in [0.4, 0.5) is 0 Å². The van der Waals surface area contributed by atoms with Crippen LogP contribution in [-0.2, 0) is 9.59 Å². The number of rotatable bonds is 3. The Bertz CT molecular complexity index is 215. The summed E-state index contributed by atoms with van der Waals surface area (Å²) in [7, 11) is 0. The van der Waals surface area contributed by atoms with Crippen molar-refractivity contribution >= 4 is 24.2 Å². The SMILES string of the molecule is CC(=O)NCC(=O)NC1CCCCC1.Cl. The highest BCUT2D eigenvalue weighted by Gasteiger charge is 2.15. The second-order valence-corrected chi connectivity index (χ2v) is 3.81. The molecule has 2 N–H and O–H groups in total. The second kappa shape index (κ2) is 7.51. The monoisotopic (exact) mass is 234 g/mol. The molecule has 0 atom stereocenters. The minimum atomic E-state index is -0.163. The Morgan fingerprint density at radius 3 is 2.33 bits per heavy atom. The van der Waals surface area contributed by atoms with Crippen molar-refractivity contribution in [1.82, 2.24) is 10.6 Å². The fraction of sp³-hybridized carbons (Fsp3) is 0.800. The molecule has 15 heavy (non-hydrogen) atoms. The maximum atomic E-state index is 11.3. The Labute approximate surface area is 96.6 Å². The number of hydrogen-bond donors (Lipinski definition) is 2. The lowest BCUT2D eigenvalue weighted by molar-refractivity contribution is -0.125. The maximum Gasteiger partial charge on any atom is 0.239 e.